The first-order chi connectivity index (χ1) is 11.0. The van der Waals surface area contributed by atoms with Crippen LogP contribution in [0.1, 0.15) is 22.8 Å². The number of carbonyl (C=O) groups excluding carboxylic acids is 2. The lowest BCUT2D eigenvalue weighted by molar-refractivity contribution is -0.137. The third kappa shape index (κ3) is 4.29. The third-order valence-corrected chi connectivity index (χ3v) is 3.23. The number of ether oxygens (including phenoxy) is 2. The molecule has 0 radical (unpaired) electrons. The van der Waals surface area contributed by atoms with Crippen molar-refractivity contribution in [3.05, 3.63) is 64.4 Å². The molecule has 0 aliphatic rings. The van der Waals surface area contributed by atoms with Crippen LogP contribution in [0.25, 0.3) is 0 Å². The van der Waals surface area contributed by atoms with Gasteiger partial charge in [0.2, 0.25) is 0 Å². The molecule has 0 unspecified atom stereocenters. The van der Waals surface area contributed by atoms with Gasteiger partial charge in [-0.25, -0.2) is 9.18 Å². The standard InChI is InChI=1S/C17H14ClFO4/c1-2-22-17(21)15(20)12-8-13(18)16(14(19)9-12)23-10-11-6-4-3-5-7-11/h3-9H,2,10H2,1H3. The van der Waals surface area contributed by atoms with Crippen molar-refractivity contribution < 1.29 is 23.5 Å². The Morgan fingerprint density at radius 1 is 1.17 bits per heavy atom. The van der Waals surface area contributed by atoms with Gasteiger partial charge in [0.05, 0.1) is 11.6 Å². The number of ketones is 1. The Morgan fingerprint density at radius 2 is 1.87 bits per heavy atom. The van der Waals surface area contributed by atoms with Gasteiger partial charge < -0.3 is 9.47 Å². The van der Waals surface area contributed by atoms with Gasteiger partial charge in [0.25, 0.3) is 5.78 Å². The van der Waals surface area contributed by atoms with E-state index in [9.17, 15) is 14.0 Å². The Labute approximate surface area is 137 Å². The van der Waals surface area contributed by atoms with Crippen LogP contribution in [0.2, 0.25) is 5.02 Å². The highest BCUT2D eigenvalue weighted by molar-refractivity contribution is 6.41. The molecule has 0 saturated heterocycles. The average molecular weight is 337 g/mol. The quantitative estimate of drug-likeness (QED) is 0.457. The summed E-state index contributed by atoms with van der Waals surface area (Å²) in [6.45, 7) is 1.75. The lowest BCUT2D eigenvalue weighted by Crippen LogP contribution is -2.17. The van der Waals surface area contributed by atoms with Gasteiger partial charge in [-0.3, -0.25) is 4.79 Å². The number of carbonyl (C=O) groups is 2. The molecule has 0 atom stereocenters. The molecular weight excluding hydrogens is 323 g/mol. The van der Waals surface area contributed by atoms with Crippen molar-refractivity contribution in [2.75, 3.05) is 6.61 Å². The summed E-state index contributed by atoms with van der Waals surface area (Å²) in [6, 6.07) is 11.3. The van der Waals surface area contributed by atoms with Crippen molar-refractivity contribution in [1.29, 1.82) is 0 Å². The molecule has 6 heteroatoms. The Balaban J connectivity index is 2.17. The summed E-state index contributed by atoms with van der Waals surface area (Å²) in [5, 5.41) is -0.0893. The second kappa shape index (κ2) is 7.74. The highest BCUT2D eigenvalue weighted by Gasteiger charge is 2.21. The zero-order valence-electron chi connectivity index (χ0n) is 12.3. The monoisotopic (exact) mass is 336 g/mol. The molecule has 0 N–H and O–H groups in total. The molecule has 2 aromatic carbocycles. The van der Waals surface area contributed by atoms with Crippen molar-refractivity contribution in [3.63, 3.8) is 0 Å². The number of Topliss-reactive ketones (excluding diaryl/α,β-unsaturated/α-hetero) is 1. The van der Waals surface area contributed by atoms with E-state index in [-0.39, 0.29) is 29.5 Å². The average Bonchev–Trinajstić information content (AvgIpc) is 2.54. The molecule has 0 aromatic heterocycles. The van der Waals surface area contributed by atoms with Crippen molar-refractivity contribution in [1.82, 2.24) is 0 Å². The van der Waals surface area contributed by atoms with E-state index in [1.807, 2.05) is 30.3 Å². The van der Waals surface area contributed by atoms with E-state index in [0.29, 0.717) is 0 Å². The molecule has 0 heterocycles. The van der Waals surface area contributed by atoms with Crippen LogP contribution >= 0.6 is 11.6 Å². The molecule has 2 aromatic rings. The number of benzene rings is 2. The first-order valence-corrected chi connectivity index (χ1v) is 7.28. The second-order valence-corrected chi connectivity index (χ2v) is 5.00. The van der Waals surface area contributed by atoms with Crippen LogP contribution in [-0.2, 0) is 16.1 Å². The second-order valence-electron chi connectivity index (χ2n) is 4.59. The van der Waals surface area contributed by atoms with Crippen molar-refractivity contribution in [2.45, 2.75) is 13.5 Å². The number of halogens is 2. The predicted molar refractivity (Wildman–Crippen MR) is 83.1 cm³/mol. The number of rotatable bonds is 6. The van der Waals surface area contributed by atoms with Crippen LogP contribution in [0.3, 0.4) is 0 Å². The molecule has 0 amide bonds. The van der Waals surface area contributed by atoms with E-state index in [1.54, 1.807) is 6.92 Å². The maximum atomic E-state index is 14.1. The van der Waals surface area contributed by atoms with Gasteiger partial charge in [-0.15, -0.1) is 0 Å². The molecule has 2 rings (SSSR count). The van der Waals surface area contributed by atoms with Crippen LogP contribution in [0.5, 0.6) is 5.75 Å². The predicted octanol–water partition coefficient (Wildman–Crippen LogP) is 3.80. The summed E-state index contributed by atoms with van der Waals surface area (Å²) in [4.78, 5) is 23.2. The largest absolute Gasteiger partial charge is 0.484 e. The molecule has 0 aliphatic heterocycles. The summed E-state index contributed by atoms with van der Waals surface area (Å²) >= 11 is 5.96. The van der Waals surface area contributed by atoms with Gasteiger partial charge >= 0.3 is 5.97 Å². The van der Waals surface area contributed by atoms with Gasteiger partial charge in [0.1, 0.15) is 6.61 Å². The highest BCUT2D eigenvalue weighted by atomic mass is 35.5. The van der Waals surface area contributed by atoms with E-state index in [1.165, 1.54) is 6.07 Å². The summed E-state index contributed by atoms with van der Waals surface area (Å²) in [7, 11) is 0. The normalized spacial score (nSPS) is 10.2. The minimum Gasteiger partial charge on any atom is -0.484 e. The Morgan fingerprint density at radius 3 is 2.48 bits per heavy atom. The zero-order valence-corrected chi connectivity index (χ0v) is 13.1. The first-order valence-electron chi connectivity index (χ1n) is 6.90. The van der Waals surface area contributed by atoms with Crippen molar-refractivity contribution in [2.24, 2.45) is 0 Å². The number of esters is 1. The lowest BCUT2D eigenvalue weighted by Gasteiger charge is -2.10. The van der Waals surface area contributed by atoms with E-state index in [2.05, 4.69) is 4.74 Å². The fraction of sp³-hybridized carbons (Fsp3) is 0.176. The molecule has 4 nitrogen and oxygen atoms in total. The smallest absolute Gasteiger partial charge is 0.379 e. The summed E-state index contributed by atoms with van der Waals surface area (Å²) in [5.74, 6) is -3.00. The molecule has 23 heavy (non-hydrogen) atoms. The summed E-state index contributed by atoms with van der Waals surface area (Å²) in [6.07, 6.45) is 0. The SMILES string of the molecule is CCOC(=O)C(=O)c1cc(F)c(OCc2ccccc2)c(Cl)c1. The first kappa shape index (κ1) is 17.0. The Bertz CT molecular complexity index is 693. The van der Waals surface area contributed by atoms with Gasteiger partial charge in [-0.2, -0.15) is 0 Å². The van der Waals surface area contributed by atoms with E-state index in [0.717, 1.165) is 11.6 Å². The molecule has 0 spiro atoms. The van der Waals surface area contributed by atoms with E-state index >= 15 is 0 Å². The zero-order chi connectivity index (χ0) is 16.8. The topological polar surface area (TPSA) is 52.6 Å². The van der Waals surface area contributed by atoms with Crippen LogP contribution < -0.4 is 4.74 Å². The van der Waals surface area contributed by atoms with Gasteiger partial charge in [0, 0.05) is 5.56 Å². The van der Waals surface area contributed by atoms with Gasteiger partial charge in [0.15, 0.2) is 11.6 Å². The van der Waals surface area contributed by atoms with Crippen molar-refractivity contribution in [3.8, 4) is 5.75 Å². The maximum absolute atomic E-state index is 14.1. The van der Waals surface area contributed by atoms with Gasteiger partial charge in [-0.1, -0.05) is 41.9 Å². The number of hydrogen-bond acceptors (Lipinski definition) is 4. The minimum atomic E-state index is -1.05. The highest BCUT2D eigenvalue weighted by Crippen LogP contribution is 2.30. The van der Waals surface area contributed by atoms with Crippen LogP contribution in [0, 0.1) is 5.82 Å². The van der Waals surface area contributed by atoms with Crippen LogP contribution in [0.4, 0.5) is 4.39 Å². The summed E-state index contributed by atoms with van der Waals surface area (Å²) < 4.78 is 24.1. The van der Waals surface area contributed by atoms with Gasteiger partial charge in [-0.05, 0) is 24.6 Å². The fourth-order valence-electron chi connectivity index (χ4n) is 1.87. The molecule has 120 valence electrons. The molecule has 0 fully saturated rings. The lowest BCUT2D eigenvalue weighted by atomic mass is 10.1. The molecule has 0 saturated carbocycles. The van der Waals surface area contributed by atoms with E-state index in [4.69, 9.17) is 16.3 Å². The Hall–Kier alpha value is -2.40. The summed E-state index contributed by atoms with van der Waals surface area (Å²) in [5.41, 5.74) is 0.660. The maximum Gasteiger partial charge on any atom is 0.379 e. The fourth-order valence-corrected chi connectivity index (χ4v) is 2.14. The molecular formula is C17H14ClFO4. The third-order valence-electron chi connectivity index (χ3n) is 2.95. The Kier molecular flexibility index (Phi) is 5.71. The molecule has 0 aliphatic carbocycles. The van der Waals surface area contributed by atoms with Crippen LogP contribution in [-0.4, -0.2) is 18.4 Å². The number of hydrogen-bond donors (Lipinski definition) is 0. The minimum absolute atomic E-state index is 0.0546. The van der Waals surface area contributed by atoms with Crippen LogP contribution in [0.15, 0.2) is 42.5 Å². The van der Waals surface area contributed by atoms with E-state index < -0.39 is 17.6 Å². The molecule has 0 bridgehead atoms. The van der Waals surface area contributed by atoms with Crippen molar-refractivity contribution >= 4 is 23.4 Å².